The van der Waals surface area contributed by atoms with Gasteiger partial charge in [-0.1, -0.05) is 12.1 Å². The third kappa shape index (κ3) is 1.39. The van der Waals surface area contributed by atoms with Gasteiger partial charge in [-0.15, -0.1) is 0 Å². The number of nitrogens with one attached hydrogen (secondary N) is 1. The molecule has 0 bridgehead atoms. The highest BCUT2D eigenvalue weighted by Gasteiger charge is 2.15. The first kappa shape index (κ1) is 9.73. The van der Waals surface area contributed by atoms with Crippen molar-refractivity contribution in [1.82, 2.24) is 4.98 Å². The summed E-state index contributed by atoms with van der Waals surface area (Å²) in [5.41, 5.74) is 7.24. The van der Waals surface area contributed by atoms with Crippen molar-refractivity contribution in [3.63, 3.8) is 0 Å². The molecule has 2 aromatic rings. The van der Waals surface area contributed by atoms with Crippen LogP contribution in [0.1, 0.15) is 16.1 Å². The fraction of sp³-hybridized carbons (Fsp3) is 0.182. The van der Waals surface area contributed by atoms with Gasteiger partial charge in [-0.2, -0.15) is 0 Å². The van der Waals surface area contributed by atoms with Crippen LogP contribution in [0.25, 0.3) is 10.9 Å². The van der Waals surface area contributed by atoms with E-state index in [1.165, 1.54) is 0 Å². The van der Waals surface area contributed by atoms with E-state index in [-0.39, 0.29) is 18.1 Å². The molecule has 2 rings (SSSR count). The lowest BCUT2D eigenvalue weighted by Crippen LogP contribution is -2.14. The van der Waals surface area contributed by atoms with Gasteiger partial charge in [-0.05, 0) is 13.0 Å². The average Bonchev–Trinajstić information content (AvgIpc) is 2.55. The van der Waals surface area contributed by atoms with E-state index >= 15 is 0 Å². The van der Waals surface area contributed by atoms with E-state index in [4.69, 9.17) is 5.73 Å². The minimum atomic E-state index is -0.121. The Morgan fingerprint density at radius 2 is 2.27 bits per heavy atom. The van der Waals surface area contributed by atoms with E-state index < -0.39 is 0 Å². The van der Waals surface area contributed by atoms with Crippen LogP contribution in [-0.4, -0.2) is 22.4 Å². The minimum Gasteiger partial charge on any atom is -0.506 e. The molecule has 1 heterocycles. The van der Waals surface area contributed by atoms with Crippen LogP contribution < -0.4 is 5.73 Å². The van der Waals surface area contributed by atoms with Crippen LogP contribution in [0.3, 0.4) is 0 Å². The lowest BCUT2D eigenvalue weighted by atomic mass is 10.1. The second-order valence-electron chi connectivity index (χ2n) is 3.45. The van der Waals surface area contributed by atoms with Gasteiger partial charge in [-0.25, -0.2) is 0 Å². The molecule has 0 aliphatic heterocycles. The number of phenols is 1. The Hall–Kier alpha value is -1.81. The number of para-hydroxylation sites is 1. The molecule has 0 radical (unpaired) electrons. The van der Waals surface area contributed by atoms with E-state index in [0.29, 0.717) is 11.1 Å². The van der Waals surface area contributed by atoms with Crippen LogP contribution in [0.5, 0.6) is 5.75 Å². The molecule has 1 aromatic carbocycles. The normalized spacial score (nSPS) is 10.8. The maximum atomic E-state index is 11.6. The highest BCUT2D eigenvalue weighted by Crippen LogP contribution is 2.28. The van der Waals surface area contributed by atoms with Crippen molar-refractivity contribution in [3.8, 4) is 5.75 Å². The molecule has 0 saturated carbocycles. The maximum absolute atomic E-state index is 11.6. The number of hydrogen-bond donors (Lipinski definition) is 3. The van der Waals surface area contributed by atoms with Crippen molar-refractivity contribution >= 4 is 16.7 Å². The number of phenolic OH excluding ortho intramolecular Hbond substituents is 1. The summed E-state index contributed by atoms with van der Waals surface area (Å²) < 4.78 is 0. The van der Waals surface area contributed by atoms with E-state index in [1.54, 1.807) is 25.1 Å². The number of ketones is 1. The zero-order valence-electron chi connectivity index (χ0n) is 8.37. The molecule has 0 fully saturated rings. The number of fused-ring (bicyclic) bond motifs is 1. The Morgan fingerprint density at radius 3 is 2.93 bits per heavy atom. The molecule has 4 N–H and O–H groups in total. The maximum Gasteiger partial charge on any atom is 0.178 e. The molecule has 0 aliphatic carbocycles. The van der Waals surface area contributed by atoms with Gasteiger partial charge in [0.15, 0.2) is 5.78 Å². The van der Waals surface area contributed by atoms with Gasteiger partial charge < -0.3 is 15.8 Å². The Balaban J connectivity index is 2.79. The molecule has 0 spiro atoms. The summed E-state index contributed by atoms with van der Waals surface area (Å²) in [6.45, 7) is 1.77. The van der Waals surface area contributed by atoms with E-state index in [9.17, 15) is 9.90 Å². The number of carbonyl (C=O) groups is 1. The van der Waals surface area contributed by atoms with Crippen LogP contribution in [0.2, 0.25) is 0 Å². The molecule has 15 heavy (non-hydrogen) atoms. The zero-order valence-corrected chi connectivity index (χ0v) is 8.37. The highest BCUT2D eigenvalue weighted by molar-refractivity contribution is 6.11. The van der Waals surface area contributed by atoms with E-state index in [1.807, 2.05) is 0 Å². The SMILES string of the molecule is Cc1[nH]c2c(O)cccc2c1C(=O)CN. The third-order valence-electron chi connectivity index (χ3n) is 2.46. The summed E-state index contributed by atoms with van der Waals surface area (Å²) in [5.74, 6) is 0.0241. The second-order valence-corrected chi connectivity index (χ2v) is 3.45. The second kappa shape index (κ2) is 3.40. The standard InChI is InChI=1S/C11H12N2O2/c1-6-10(9(15)5-12)7-3-2-4-8(14)11(7)13-6/h2-4,13-14H,5,12H2,1H3. The third-order valence-corrected chi connectivity index (χ3v) is 2.46. The first-order valence-corrected chi connectivity index (χ1v) is 4.68. The summed E-state index contributed by atoms with van der Waals surface area (Å²) in [6.07, 6.45) is 0. The largest absolute Gasteiger partial charge is 0.506 e. The molecular formula is C11H12N2O2. The number of aromatic nitrogens is 1. The lowest BCUT2D eigenvalue weighted by Gasteiger charge is -1.97. The topological polar surface area (TPSA) is 79.1 Å². The van der Waals surface area contributed by atoms with Crippen molar-refractivity contribution in [3.05, 3.63) is 29.5 Å². The number of aryl methyl sites for hydroxylation is 1. The Labute approximate surface area is 86.7 Å². The summed E-state index contributed by atoms with van der Waals surface area (Å²) in [7, 11) is 0. The van der Waals surface area contributed by atoms with Crippen LogP contribution >= 0.6 is 0 Å². The molecule has 0 atom stereocenters. The van der Waals surface area contributed by atoms with Crippen molar-refractivity contribution in [2.75, 3.05) is 6.54 Å². The van der Waals surface area contributed by atoms with Gasteiger partial charge in [0.05, 0.1) is 12.1 Å². The molecule has 78 valence electrons. The Bertz CT molecular complexity index is 529. The highest BCUT2D eigenvalue weighted by atomic mass is 16.3. The van der Waals surface area contributed by atoms with Gasteiger partial charge in [0, 0.05) is 16.6 Å². The number of rotatable bonds is 2. The number of aromatic amines is 1. The molecule has 0 amide bonds. The lowest BCUT2D eigenvalue weighted by molar-refractivity contribution is 0.100. The van der Waals surface area contributed by atoms with Gasteiger partial charge in [0.1, 0.15) is 5.75 Å². The molecular weight excluding hydrogens is 192 g/mol. The van der Waals surface area contributed by atoms with Gasteiger partial charge in [0.25, 0.3) is 0 Å². The summed E-state index contributed by atoms with van der Waals surface area (Å²) in [4.78, 5) is 14.6. The monoisotopic (exact) mass is 204 g/mol. The van der Waals surface area contributed by atoms with Gasteiger partial charge in [-0.3, -0.25) is 4.79 Å². The molecule has 0 saturated heterocycles. The van der Waals surface area contributed by atoms with Crippen molar-refractivity contribution in [1.29, 1.82) is 0 Å². The fourth-order valence-electron chi connectivity index (χ4n) is 1.79. The summed E-state index contributed by atoms with van der Waals surface area (Å²) in [6, 6.07) is 5.08. The van der Waals surface area contributed by atoms with Crippen LogP contribution in [0.15, 0.2) is 18.2 Å². The van der Waals surface area contributed by atoms with Crippen LogP contribution in [0.4, 0.5) is 0 Å². The number of aromatic hydroxyl groups is 1. The number of Topliss-reactive ketones (excluding diaryl/α,β-unsaturated/α-hetero) is 1. The fourth-order valence-corrected chi connectivity index (χ4v) is 1.79. The van der Waals surface area contributed by atoms with Crippen molar-refractivity contribution < 1.29 is 9.90 Å². The predicted molar refractivity (Wildman–Crippen MR) is 58.1 cm³/mol. The summed E-state index contributed by atoms with van der Waals surface area (Å²) >= 11 is 0. The van der Waals surface area contributed by atoms with Gasteiger partial charge >= 0.3 is 0 Å². The Kier molecular flexibility index (Phi) is 2.21. The Morgan fingerprint density at radius 1 is 1.53 bits per heavy atom. The minimum absolute atomic E-state index is 0.0244. The quantitative estimate of drug-likeness (QED) is 0.645. The molecule has 0 aliphatic rings. The first-order valence-electron chi connectivity index (χ1n) is 4.68. The molecule has 4 heteroatoms. The first-order chi connectivity index (χ1) is 7.15. The average molecular weight is 204 g/mol. The number of nitrogens with two attached hydrogens (primary N) is 1. The molecule has 0 unspecified atom stereocenters. The predicted octanol–water partition coefficient (Wildman–Crippen LogP) is 1.32. The number of benzene rings is 1. The summed E-state index contributed by atoms with van der Waals surface area (Å²) in [5, 5.41) is 10.3. The van der Waals surface area contributed by atoms with E-state index in [2.05, 4.69) is 4.98 Å². The van der Waals surface area contributed by atoms with Crippen molar-refractivity contribution in [2.24, 2.45) is 5.73 Å². The van der Waals surface area contributed by atoms with Crippen LogP contribution in [0, 0.1) is 6.92 Å². The number of H-pyrrole nitrogens is 1. The van der Waals surface area contributed by atoms with Gasteiger partial charge in [0.2, 0.25) is 0 Å². The van der Waals surface area contributed by atoms with Crippen LogP contribution in [-0.2, 0) is 0 Å². The smallest absolute Gasteiger partial charge is 0.178 e. The van der Waals surface area contributed by atoms with E-state index in [0.717, 1.165) is 11.1 Å². The number of carbonyl (C=O) groups excluding carboxylic acids is 1. The molecule has 1 aromatic heterocycles. The zero-order chi connectivity index (χ0) is 11.0. The van der Waals surface area contributed by atoms with Crippen molar-refractivity contribution in [2.45, 2.75) is 6.92 Å². The number of hydrogen-bond acceptors (Lipinski definition) is 3. The molecule has 4 nitrogen and oxygen atoms in total.